The van der Waals surface area contributed by atoms with Gasteiger partial charge in [0.1, 0.15) is 5.60 Å². The highest BCUT2D eigenvalue weighted by atomic mass is 32.2. The number of amides is 1. The van der Waals surface area contributed by atoms with Crippen molar-refractivity contribution >= 4 is 39.0 Å². The molecule has 1 amide bonds. The van der Waals surface area contributed by atoms with Crippen molar-refractivity contribution in [2.75, 3.05) is 18.4 Å². The molecule has 0 aliphatic carbocycles. The summed E-state index contributed by atoms with van der Waals surface area (Å²) in [5.74, 6) is 0.392. The summed E-state index contributed by atoms with van der Waals surface area (Å²) in [5, 5.41) is 14.3. The van der Waals surface area contributed by atoms with E-state index in [0.717, 1.165) is 24.0 Å². The molecular formula is C34H41N5O5S. The van der Waals surface area contributed by atoms with Gasteiger partial charge in [-0.1, -0.05) is 42.5 Å². The molecule has 1 aliphatic rings. The Bertz CT molecular complexity index is 1840. The van der Waals surface area contributed by atoms with Gasteiger partial charge in [-0.25, -0.2) is 27.2 Å². The first kappa shape index (κ1) is 32.2. The van der Waals surface area contributed by atoms with Gasteiger partial charge in [0.15, 0.2) is 0 Å². The number of nitrogens with one attached hydrogen (secondary N) is 1. The number of aromatic nitrogens is 3. The van der Waals surface area contributed by atoms with Crippen LogP contribution in [-0.4, -0.2) is 68.8 Å². The predicted octanol–water partition coefficient (Wildman–Crippen LogP) is 6.24. The van der Waals surface area contributed by atoms with E-state index in [-0.39, 0.29) is 17.0 Å². The molecule has 2 aromatic heterocycles. The van der Waals surface area contributed by atoms with E-state index in [4.69, 9.17) is 9.72 Å². The maximum absolute atomic E-state index is 13.9. The number of fused-ring (bicyclic) bond motifs is 1. The molecular weight excluding hydrogens is 590 g/mol. The minimum atomic E-state index is -3.95. The fourth-order valence-electron chi connectivity index (χ4n) is 5.27. The summed E-state index contributed by atoms with van der Waals surface area (Å²) in [4.78, 5) is 23.9. The molecule has 0 spiro atoms. The van der Waals surface area contributed by atoms with E-state index in [9.17, 15) is 18.3 Å². The monoisotopic (exact) mass is 631 g/mol. The number of hydrogen-bond acceptors (Lipinski definition) is 8. The molecule has 11 heteroatoms. The number of hydrogen-bond donors (Lipinski definition) is 2. The zero-order valence-electron chi connectivity index (χ0n) is 26.6. The van der Waals surface area contributed by atoms with Crippen LogP contribution in [0.25, 0.3) is 28.2 Å². The molecule has 1 saturated heterocycles. The molecule has 1 fully saturated rings. The molecule has 1 atom stereocenters. The minimum Gasteiger partial charge on any atom is -0.444 e. The zero-order chi connectivity index (χ0) is 32.6. The molecule has 1 aliphatic heterocycles. The van der Waals surface area contributed by atoms with Crippen molar-refractivity contribution in [3.63, 3.8) is 0 Å². The Balaban J connectivity index is 1.53. The molecule has 3 heterocycles. The Labute approximate surface area is 264 Å². The van der Waals surface area contributed by atoms with Crippen LogP contribution in [0.4, 0.5) is 10.7 Å². The molecule has 45 heavy (non-hydrogen) atoms. The van der Waals surface area contributed by atoms with Crippen LogP contribution >= 0.6 is 0 Å². The van der Waals surface area contributed by atoms with Gasteiger partial charge in [0.2, 0.25) is 5.95 Å². The van der Waals surface area contributed by atoms with Gasteiger partial charge < -0.3 is 20.1 Å². The normalized spacial score (nSPS) is 16.3. The van der Waals surface area contributed by atoms with Gasteiger partial charge in [0, 0.05) is 42.5 Å². The average Bonchev–Trinajstić information content (AvgIpc) is 3.36. The Morgan fingerprint density at radius 2 is 1.84 bits per heavy atom. The molecule has 5 rings (SSSR count). The number of aryl methyl sites for hydroxylation is 1. The lowest BCUT2D eigenvalue weighted by atomic mass is 10.0. The first-order valence-electron chi connectivity index (χ1n) is 15.1. The van der Waals surface area contributed by atoms with E-state index in [1.165, 1.54) is 3.97 Å². The maximum Gasteiger partial charge on any atom is 0.410 e. The van der Waals surface area contributed by atoms with Crippen molar-refractivity contribution < 1.29 is 23.1 Å². The summed E-state index contributed by atoms with van der Waals surface area (Å²) >= 11 is 0. The fourth-order valence-corrected chi connectivity index (χ4v) is 6.65. The second-order valence-electron chi connectivity index (χ2n) is 13.1. The second-order valence-corrected chi connectivity index (χ2v) is 14.9. The first-order chi connectivity index (χ1) is 21.1. The number of piperidine rings is 1. The van der Waals surface area contributed by atoms with Crippen LogP contribution < -0.4 is 5.32 Å². The number of rotatable bonds is 7. The van der Waals surface area contributed by atoms with Crippen molar-refractivity contribution in [3.8, 4) is 11.3 Å². The number of ether oxygens (including phenoxy) is 1. The quantitative estimate of drug-likeness (QED) is 0.246. The summed E-state index contributed by atoms with van der Waals surface area (Å²) in [7, 11) is -3.95. The van der Waals surface area contributed by atoms with Crippen molar-refractivity contribution in [2.45, 2.75) is 76.5 Å². The van der Waals surface area contributed by atoms with Crippen molar-refractivity contribution in [1.29, 1.82) is 0 Å². The van der Waals surface area contributed by atoms with Gasteiger partial charge in [-0.15, -0.1) is 0 Å². The largest absolute Gasteiger partial charge is 0.444 e. The van der Waals surface area contributed by atoms with Crippen LogP contribution in [0.15, 0.2) is 71.9 Å². The maximum atomic E-state index is 13.9. The van der Waals surface area contributed by atoms with Crippen LogP contribution in [-0.2, 0) is 14.8 Å². The Morgan fingerprint density at radius 1 is 1.11 bits per heavy atom. The summed E-state index contributed by atoms with van der Waals surface area (Å²) in [6.07, 6.45) is 8.06. The lowest BCUT2D eigenvalue weighted by molar-refractivity contribution is 0.0206. The smallest absolute Gasteiger partial charge is 0.410 e. The average molecular weight is 632 g/mol. The molecule has 2 N–H and O–H groups in total. The second kappa shape index (κ2) is 12.3. The standard InChI is InChI=1S/C34H41N5O5S/c1-23-20-35-31(36-25-11-10-18-38(21-25)32(40)44-33(2,3)4)37-30(23)28-22-39(45(42,43)26-12-8-7-9-13-26)29-19-24(14-15-27(28)29)16-17-34(5,6)41/h7-9,12-17,19-20,22,25,41H,10-11,18,21H2,1-6H3,(H,35,36,37)/b17-16+. The number of carbonyl (C=O) groups is 1. The Kier molecular flexibility index (Phi) is 8.79. The van der Waals surface area contributed by atoms with Gasteiger partial charge in [-0.05, 0) is 83.7 Å². The SMILES string of the molecule is Cc1cnc(NC2CCCN(C(=O)OC(C)(C)C)C2)nc1-c1cn(S(=O)(=O)c2ccccc2)c2cc(/C=C/C(C)(C)O)ccc12. The van der Waals surface area contributed by atoms with Crippen LogP contribution in [0.1, 0.15) is 58.6 Å². The van der Waals surface area contributed by atoms with Crippen LogP contribution in [0.3, 0.4) is 0 Å². The summed E-state index contributed by atoms with van der Waals surface area (Å²) < 4.78 is 34.7. The van der Waals surface area contributed by atoms with Crippen molar-refractivity contribution in [1.82, 2.24) is 18.8 Å². The summed E-state index contributed by atoms with van der Waals surface area (Å²) in [6.45, 7) is 11.9. The molecule has 4 aromatic rings. The molecule has 1 unspecified atom stereocenters. The van der Waals surface area contributed by atoms with Crippen LogP contribution in [0, 0.1) is 6.92 Å². The highest BCUT2D eigenvalue weighted by molar-refractivity contribution is 7.90. The van der Waals surface area contributed by atoms with Gasteiger partial charge in [0.05, 0.1) is 21.7 Å². The Hall–Kier alpha value is -4.22. The van der Waals surface area contributed by atoms with Crippen LogP contribution in [0.5, 0.6) is 0 Å². The molecule has 238 valence electrons. The third-order valence-corrected chi connectivity index (χ3v) is 9.10. The number of anilines is 1. The molecule has 0 saturated carbocycles. The van der Waals surface area contributed by atoms with E-state index in [1.807, 2.05) is 39.8 Å². The topological polar surface area (TPSA) is 127 Å². The third kappa shape index (κ3) is 7.54. The summed E-state index contributed by atoms with van der Waals surface area (Å²) in [5.41, 5.74) is 1.64. The fraction of sp³-hybridized carbons (Fsp3) is 0.382. The van der Waals surface area contributed by atoms with Gasteiger partial charge in [-0.2, -0.15) is 0 Å². The summed E-state index contributed by atoms with van der Waals surface area (Å²) in [6, 6.07) is 13.8. The van der Waals surface area contributed by atoms with Gasteiger partial charge in [-0.3, -0.25) is 0 Å². The van der Waals surface area contributed by atoms with E-state index in [0.29, 0.717) is 41.2 Å². The van der Waals surface area contributed by atoms with E-state index >= 15 is 0 Å². The molecule has 0 radical (unpaired) electrons. The Morgan fingerprint density at radius 3 is 2.53 bits per heavy atom. The number of likely N-dealkylation sites (tertiary alicyclic amines) is 1. The van der Waals surface area contributed by atoms with E-state index in [1.54, 1.807) is 79.7 Å². The van der Waals surface area contributed by atoms with Gasteiger partial charge in [0.25, 0.3) is 10.0 Å². The predicted molar refractivity (Wildman–Crippen MR) is 177 cm³/mol. The zero-order valence-corrected chi connectivity index (χ0v) is 27.4. The first-order valence-corrected chi connectivity index (χ1v) is 16.5. The van der Waals surface area contributed by atoms with Gasteiger partial charge >= 0.3 is 6.09 Å². The van der Waals surface area contributed by atoms with Crippen molar-refractivity contribution in [3.05, 3.63) is 78.1 Å². The third-order valence-electron chi connectivity index (χ3n) is 7.41. The van der Waals surface area contributed by atoms with E-state index < -0.39 is 21.2 Å². The number of aliphatic hydroxyl groups is 1. The van der Waals surface area contributed by atoms with Crippen LogP contribution in [0.2, 0.25) is 0 Å². The lowest BCUT2D eigenvalue weighted by Crippen LogP contribution is -2.47. The number of nitrogens with zero attached hydrogens (tertiary/aromatic N) is 4. The molecule has 2 aromatic carbocycles. The minimum absolute atomic E-state index is 0.0771. The number of benzene rings is 2. The highest BCUT2D eigenvalue weighted by Crippen LogP contribution is 2.35. The highest BCUT2D eigenvalue weighted by Gasteiger charge is 2.29. The van der Waals surface area contributed by atoms with Crippen molar-refractivity contribution in [2.24, 2.45) is 0 Å². The molecule has 10 nitrogen and oxygen atoms in total. The number of carbonyl (C=O) groups excluding carboxylic acids is 1. The van der Waals surface area contributed by atoms with E-state index in [2.05, 4.69) is 10.3 Å². The molecule has 0 bridgehead atoms. The lowest BCUT2D eigenvalue weighted by Gasteiger charge is -2.34.